The first kappa shape index (κ1) is 13.8. The monoisotopic (exact) mass is 280 g/mol. The lowest BCUT2D eigenvalue weighted by Crippen LogP contribution is -2.03. The maximum absolute atomic E-state index is 13.0. The molecule has 0 spiro atoms. The van der Waals surface area contributed by atoms with Crippen molar-refractivity contribution in [3.05, 3.63) is 52.4 Å². The minimum atomic E-state index is -0.475. The Kier molecular flexibility index (Phi) is 4.35. The van der Waals surface area contributed by atoms with Crippen LogP contribution in [0.15, 0.2) is 30.5 Å². The molecule has 0 aliphatic rings. The number of benzene rings is 1. The second-order valence-corrected chi connectivity index (χ2v) is 4.59. The fourth-order valence-corrected chi connectivity index (χ4v) is 1.85. The summed E-state index contributed by atoms with van der Waals surface area (Å²) >= 11 is 5.70. The molecule has 0 amide bonds. The average molecular weight is 281 g/mol. The lowest BCUT2D eigenvalue weighted by molar-refractivity contribution is 0.457. The fraction of sp³-hybridized carbons (Fsp3) is 0.214. The molecule has 2 aromatic rings. The van der Waals surface area contributed by atoms with E-state index in [1.807, 2.05) is 13.0 Å². The van der Waals surface area contributed by atoms with Crippen LogP contribution in [0, 0.1) is 12.7 Å². The van der Waals surface area contributed by atoms with Crippen molar-refractivity contribution in [3.63, 3.8) is 0 Å². The van der Waals surface area contributed by atoms with Gasteiger partial charge in [-0.25, -0.2) is 9.37 Å². The number of pyridine rings is 1. The van der Waals surface area contributed by atoms with Gasteiger partial charge < -0.3 is 10.5 Å². The van der Waals surface area contributed by atoms with E-state index in [1.165, 1.54) is 18.2 Å². The first-order chi connectivity index (χ1) is 9.10. The van der Waals surface area contributed by atoms with E-state index >= 15 is 0 Å². The Labute approximate surface area is 116 Å². The topological polar surface area (TPSA) is 48.1 Å². The van der Waals surface area contributed by atoms with E-state index in [0.29, 0.717) is 18.2 Å². The van der Waals surface area contributed by atoms with Gasteiger partial charge in [-0.05, 0) is 43.7 Å². The zero-order chi connectivity index (χ0) is 13.8. The summed E-state index contributed by atoms with van der Waals surface area (Å²) in [6, 6.07) is 6.16. The summed E-state index contributed by atoms with van der Waals surface area (Å²) in [4.78, 5) is 4.23. The summed E-state index contributed by atoms with van der Waals surface area (Å²) < 4.78 is 18.6. The predicted molar refractivity (Wildman–Crippen MR) is 73.2 cm³/mol. The maximum Gasteiger partial charge on any atom is 0.222 e. The lowest BCUT2D eigenvalue weighted by Gasteiger charge is -2.09. The van der Waals surface area contributed by atoms with Crippen LogP contribution in [0.2, 0.25) is 5.02 Å². The highest BCUT2D eigenvalue weighted by molar-refractivity contribution is 6.30. The number of aryl methyl sites for hydroxylation is 1. The molecule has 0 bridgehead atoms. The number of aromatic nitrogens is 1. The summed E-state index contributed by atoms with van der Waals surface area (Å²) in [7, 11) is 0. The molecule has 2 rings (SSSR count). The number of rotatable bonds is 4. The number of ether oxygens (including phenoxy) is 1. The summed E-state index contributed by atoms with van der Waals surface area (Å²) in [6.45, 7) is 2.47. The van der Waals surface area contributed by atoms with Crippen molar-refractivity contribution in [2.75, 3.05) is 6.54 Å². The van der Waals surface area contributed by atoms with Crippen molar-refractivity contribution in [2.45, 2.75) is 13.3 Å². The molecule has 0 aliphatic carbocycles. The minimum Gasteiger partial charge on any atom is -0.439 e. The number of nitrogens with zero attached hydrogens (tertiary/aromatic N) is 1. The summed E-state index contributed by atoms with van der Waals surface area (Å²) in [5, 5.41) is 0.0231. The van der Waals surface area contributed by atoms with Crippen LogP contribution in [0.1, 0.15) is 11.1 Å². The van der Waals surface area contributed by atoms with Crippen LogP contribution < -0.4 is 10.5 Å². The molecule has 0 atom stereocenters. The third kappa shape index (κ3) is 3.43. The van der Waals surface area contributed by atoms with Gasteiger partial charge >= 0.3 is 0 Å². The number of halogens is 2. The van der Waals surface area contributed by atoms with Crippen molar-refractivity contribution in [1.82, 2.24) is 4.98 Å². The Morgan fingerprint density at radius 1 is 1.37 bits per heavy atom. The van der Waals surface area contributed by atoms with E-state index in [9.17, 15) is 4.39 Å². The van der Waals surface area contributed by atoms with E-state index in [-0.39, 0.29) is 5.02 Å². The van der Waals surface area contributed by atoms with Crippen LogP contribution in [0.4, 0.5) is 4.39 Å². The van der Waals surface area contributed by atoms with E-state index in [1.54, 1.807) is 6.20 Å². The molecule has 1 aromatic carbocycles. The van der Waals surface area contributed by atoms with Gasteiger partial charge in [0.25, 0.3) is 0 Å². The van der Waals surface area contributed by atoms with Gasteiger partial charge in [-0.15, -0.1) is 0 Å². The Balaban J connectivity index is 2.20. The fourth-order valence-electron chi connectivity index (χ4n) is 1.68. The molecule has 0 saturated heterocycles. The summed E-state index contributed by atoms with van der Waals surface area (Å²) in [5.74, 6) is 0.453. The highest BCUT2D eigenvalue weighted by Crippen LogP contribution is 2.27. The van der Waals surface area contributed by atoms with Crippen LogP contribution in [0.5, 0.6) is 11.6 Å². The molecule has 100 valence electrons. The quantitative estimate of drug-likeness (QED) is 0.933. The smallest absolute Gasteiger partial charge is 0.222 e. The molecular weight excluding hydrogens is 267 g/mol. The van der Waals surface area contributed by atoms with Gasteiger partial charge in [0, 0.05) is 17.8 Å². The predicted octanol–water partition coefficient (Wildman–Crippen LogP) is 3.48. The standard InChI is InChI=1S/C14H14ClFN2O/c1-9-6-10(4-5-17)8-18-14(9)19-11-2-3-13(16)12(15)7-11/h2-3,6-8H,4-5,17H2,1H3. The summed E-state index contributed by atoms with van der Waals surface area (Å²) in [5.41, 5.74) is 7.45. The largest absolute Gasteiger partial charge is 0.439 e. The van der Waals surface area contributed by atoms with E-state index < -0.39 is 5.82 Å². The second-order valence-electron chi connectivity index (χ2n) is 4.18. The van der Waals surface area contributed by atoms with E-state index in [2.05, 4.69) is 4.98 Å². The summed E-state index contributed by atoms with van der Waals surface area (Å²) in [6.07, 6.45) is 2.50. The van der Waals surface area contributed by atoms with Crippen LogP contribution in [0.25, 0.3) is 0 Å². The molecule has 1 aromatic heterocycles. The van der Waals surface area contributed by atoms with Crippen molar-refractivity contribution in [2.24, 2.45) is 5.73 Å². The first-order valence-corrected chi connectivity index (χ1v) is 6.26. The Hall–Kier alpha value is -1.65. The van der Waals surface area contributed by atoms with Gasteiger partial charge in [0.05, 0.1) is 5.02 Å². The lowest BCUT2D eigenvalue weighted by atomic mass is 10.1. The van der Waals surface area contributed by atoms with E-state index in [4.69, 9.17) is 22.1 Å². The number of hydrogen-bond acceptors (Lipinski definition) is 3. The zero-order valence-corrected chi connectivity index (χ0v) is 11.2. The maximum atomic E-state index is 13.0. The molecule has 0 fully saturated rings. The van der Waals surface area contributed by atoms with Gasteiger partial charge in [-0.1, -0.05) is 11.6 Å². The molecule has 5 heteroatoms. The molecule has 0 saturated carbocycles. The van der Waals surface area contributed by atoms with Crippen LogP contribution in [-0.4, -0.2) is 11.5 Å². The van der Waals surface area contributed by atoms with Crippen LogP contribution in [-0.2, 0) is 6.42 Å². The molecule has 1 heterocycles. The average Bonchev–Trinajstić information content (AvgIpc) is 2.37. The first-order valence-electron chi connectivity index (χ1n) is 5.88. The SMILES string of the molecule is Cc1cc(CCN)cnc1Oc1ccc(F)c(Cl)c1. The third-order valence-corrected chi connectivity index (χ3v) is 2.92. The molecule has 3 nitrogen and oxygen atoms in total. The normalized spacial score (nSPS) is 10.5. The second kappa shape index (κ2) is 5.99. The van der Waals surface area contributed by atoms with Gasteiger partial charge in [0.1, 0.15) is 11.6 Å². The van der Waals surface area contributed by atoms with E-state index in [0.717, 1.165) is 17.5 Å². The highest BCUT2D eigenvalue weighted by Gasteiger charge is 2.07. The van der Waals surface area contributed by atoms with Crippen molar-refractivity contribution < 1.29 is 9.13 Å². The molecular formula is C14H14ClFN2O. The van der Waals surface area contributed by atoms with Crippen LogP contribution in [0.3, 0.4) is 0 Å². The highest BCUT2D eigenvalue weighted by atomic mass is 35.5. The van der Waals surface area contributed by atoms with Crippen LogP contribution >= 0.6 is 11.6 Å². The third-order valence-electron chi connectivity index (χ3n) is 2.63. The molecule has 2 N–H and O–H groups in total. The zero-order valence-electron chi connectivity index (χ0n) is 10.5. The van der Waals surface area contributed by atoms with Crippen molar-refractivity contribution in [1.29, 1.82) is 0 Å². The van der Waals surface area contributed by atoms with Gasteiger partial charge in [-0.2, -0.15) is 0 Å². The minimum absolute atomic E-state index is 0.0231. The molecule has 0 unspecified atom stereocenters. The number of hydrogen-bond donors (Lipinski definition) is 1. The molecule has 0 radical (unpaired) electrons. The van der Waals surface area contributed by atoms with Crippen molar-refractivity contribution in [3.8, 4) is 11.6 Å². The Morgan fingerprint density at radius 3 is 2.79 bits per heavy atom. The van der Waals surface area contributed by atoms with Gasteiger partial charge in [0.2, 0.25) is 5.88 Å². The van der Waals surface area contributed by atoms with Gasteiger partial charge in [0.15, 0.2) is 0 Å². The molecule has 0 aliphatic heterocycles. The van der Waals surface area contributed by atoms with Gasteiger partial charge in [-0.3, -0.25) is 0 Å². The molecule has 19 heavy (non-hydrogen) atoms. The number of nitrogens with two attached hydrogens (primary N) is 1. The Morgan fingerprint density at radius 2 is 2.16 bits per heavy atom. The Bertz CT molecular complexity index is 590. The van der Waals surface area contributed by atoms with Crippen molar-refractivity contribution >= 4 is 11.6 Å².